The minimum absolute atomic E-state index is 0.131. The van der Waals surface area contributed by atoms with Crippen molar-refractivity contribution in [3.05, 3.63) is 94.3 Å². The van der Waals surface area contributed by atoms with Crippen LogP contribution < -0.4 is 5.82 Å². The zero-order chi connectivity index (χ0) is 26.5. The largest absolute Gasteiger partial charge is 0.519 e. The number of aromatic nitrogens is 2. The summed E-state index contributed by atoms with van der Waals surface area (Å²) in [4.78, 5) is 40.3. The van der Waals surface area contributed by atoms with Crippen LogP contribution in [0.2, 0.25) is 0 Å². The van der Waals surface area contributed by atoms with Crippen LogP contribution in [0.1, 0.15) is 48.4 Å². The summed E-state index contributed by atoms with van der Waals surface area (Å²) < 4.78 is 17.5. The molecule has 1 atom stereocenters. The Morgan fingerprint density at radius 1 is 1.03 bits per heavy atom. The number of aryl methyl sites for hydroxylation is 1. The normalized spacial score (nSPS) is 12.9. The van der Waals surface area contributed by atoms with Gasteiger partial charge in [0.1, 0.15) is 0 Å². The zero-order valence-corrected chi connectivity index (χ0v) is 20.8. The topological polar surface area (TPSA) is 125 Å². The number of fused-ring (bicyclic) bond motifs is 3. The third-order valence-electron chi connectivity index (χ3n) is 6.85. The molecule has 1 aliphatic rings. The minimum atomic E-state index is -0.867. The number of nitrogens with zero attached hydrogens (tertiary/aromatic N) is 2. The summed E-state index contributed by atoms with van der Waals surface area (Å²) >= 11 is 0. The van der Waals surface area contributed by atoms with Crippen molar-refractivity contribution in [2.45, 2.75) is 51.6 Å². The average Bonchev–Trinajstić information content (AvgIpc) is 3.52. The van der Waals surface area contributed by atoms with Crippen LogP contribution in [-0.4, -0.2) is 26.6 Å². The highest BCUT2D eigenvalue weighted by Gasteiger charge is 2.25. The number of unbranched alkanes of at least 4 members (excludes halogenated alkanes) is 1. The Morgan fingerprint density at radius 2 is 1.82 bits per heavy atom. The van der Waals surface area contributed by atoms with Crippen molar-refractivity contribution in [3.8, 4) is 17.0 Å². The lowest BCUT2D eigenvalue weighted by Gasteiger charge is -2.20. The molecule has 0 spiro atoms. The molecule has 0 fully saturated rings. The number of carbonyl (C=O) groups excluding carboxylic acids is 1. The number of carboxylic acid groups (broad SMARTS) is 1. The van der Waals surface area contributed by atoms with Crippen LogP contribution >= 0.6 is 0 Å². The summed E-state index contributed by atoms with van der Waals surface area (Å²) in [5.41, 5.74) is 4.90. The number of carbonyl (C=O) groups is 2. The van der Waals surface area contributed by atoms with E-state index >= 15 is 0 Å². The van der Waals surface area contributed by atoms with Crippen molar-refractivity contribution in [2.75, 3.05) is 0 Å². The summed E-state index contributed by atoms with van der Waals surface area (Å²) in [6, 6.07) is 17.1. The molecule has 0 radical (unpaired) electrons. The van der Waals surface area contributed by atoms with E-state index in [9.17, 15) is 19.5 Å². The van der Waals surface area contributed by atoms with Gasteiger partial charge < -0.3 is 23.2 Å². The van der Waals surface area contributed by atoms with Crippen LogP contribution in [0.15, 0.2) is 74.6 Å². The molecular formula is C29H28N2O7. The predicted octanol–water partition coefficient (Wildman–Crippen LogP) is 4.73. The van der Waals surface area contributed by atoms with Crippen LogP contribution in [0.25, 0.3) is 17.0 Å². The molecule has 2 aromatic carbocycles. The SMILES string of the molecule is O=C(CCCC[C@@H](Cc1ncn2c1CCc1ccccc1-2)C(=O)O)OCc1oc(=O)oc1-c1ccccc1. The smallest absolute Gasteiger partial charge is 0.481 e. The van der Waals surface area contributed by atoms with Crippen molar-refractivity contribution in [2.24, 2.45) is 5.92 Å². The Hall–Kier alpha value is -4.40. The first kappa shape index (κ1) is 25.3. The van der Waals surface area contributed by atoms with Gasteiger partial charge in [0.2, 0.25) is 0 Å². The molecule has 2 aromatic heterocycles. The first-order valence-electron chi connectivity index (χ1n) is 12.7. The number of benzene rings is 2. The molecule has 38 heavy (non-hydrogen) atoms. The van der Waals surface area contributed by atoms with Crippen molar-refractivity contribution in [1.82, 2.24) is 9.55 Å². The van der Waals surface area contributed by atoms with E-state index < -0.39 is 23.7 Å². The summed E-state index contributed by atoms with van der Waals surface area (Å²) in [7, 11) is 0. The van der Waals surface area contributed by atoms with Gasteiger partial charge >= 0.3 is 17.8 Å². The second-order valence-corrected chi connectivity index (χ2v) is 9.35. The van der Waals surface area contributed by atoms with Crippen LogP contribution in [0.4, 0.5) is 0 Å². The van der Waals surface area contributed by atoms with Crippen molar-refractivity contribution < 1.29 is 28.3 Å². The van der Waals surface area contributed by atoms with E-state index in [1.165, 1.54) is 5.56 Å². The van der Waals surface area contributed by atoms with E-state index in [4.69, 9.17) is 13.6 Å². The fourth-order valence-electron chi connectivity index (χ4n) is 4.90. The predicted molar refractivity (Wildman–Crippen MR) is 137 cm³/mol. The summed E-state index contributed by atoms with van der Waals surface area (Å²) in [5.74, 6) is -2.39. The zero-order valence-electron chi connectivity index (χ0n) is 20.8. The summed E-state index contributed by atoms with van der Waals surface area (Å²) in [5, 5.41) is 9.80. The molecule has 0 bridgehead atoms. The van der Waals surface area contributed by atoms with Gasteiger partial charge in [-0.1, -0.05) is 55.0 Å². The Kier molecular flexibility index (Phi) is 7.53. The van der Waals surface area contributed by atoms with Crippen molar-refractivity contribution >= 4 is 11.9 Å². The lowest BCUT2D eigenvalue weighted by molar-refractivity contribution is -0.145. The Balaban J connectivity index is 1.11. The molecule has 3 heterocycles. The van der Waals surface area contributed by atoms with Gasteiger partial charge in [0.25, 0.3) is 0 Å². The molecule has 196 valence electrons. The number of esters is 1. The number of para-hydroxylation sites is 1. The molecule has 0 unspecified atom stereocenters. The minimum Gasteiger partial charge on any atom is -0.481 e. The first-order valence-corrected chi connectivity index (χ1v) is 12.7. The highest BCUT2D eigenvalue weighted by molar-refractivity contribution is 5.71. The molecule has 0 aliphatic carbocycles. The molecule has 1 aliphatic heterocycles. The molecule has 0 saturated heterocycles. The second-order valence-electron chi connectivity index (χ2n) is 9.35. The van der Waals surface area contributed by atoms with Gasteiger partial charge in [-0.25, -0.2) is 9.78 Å². The van der Waals surface area contributed by atoms with E-state index in [2.05, 4.69) is 21.7 Å². The Morgan fingerprint density at radius 3 is 2.63 bits per heavy atom. The van der Waals surface area contributed by atoms with E-state index in [-0.39, 0.29) is 24.5 Å². The lowest BCUT2D eigenvalue weighted by atomic mass is 9.93. The number of rotatable bonds is 11. The maximum Gasteiger partial charge on any atom is 0.519 e. The number of aliphatic carboxylic acids is 1. The molecule has 0 amide bonds. The highest BCUT2D eigenvalue weighted by Crippen LogP contribution is 2.28. The monoisotopic (exact) mass is 516 g/mol. The average molecular weight is 517 g/mol. The number of ether oxygens (including phenoxy) is 1. The molecule has 0 saturated carbocycles. The standard InChI is InChI=1S/C29H28N2O7/c32-26(36-17-25-27(38-29(35)37-25)20-9-2-1-3-10-20)13-7-5-11-21(28(33)34)16-22-24-15-14-19-8-4-6-12-23(19)31(24)18-30-22/h1-4,6,8-10,12,18,21H,5,7,11,13-17H2,(H,33,34)/t21-/m0/s1. The number of imidazole rings is 1. The van der Waals surface area contributed by atoms with Crippen molar-refractivity contribution in [1.29, 1.82) is 0 Å². The molecule has 5 rings (SSSR count). The Labute approximate surface area is 218 Å². The summed E-state index contributed by atoms with van der Waals surface area (Å²) in [6.07, 6.45) is 5.47. The molecule has 9 nitrogen and oxygen atoms in total. The quantitative estimate of drug-likeness (QED) is 0.224. The fraction of sp³-hybridized carbons (Fsp3) is 0.310. The van der Waals surface area contributed by atoms with E-state index in [1.54, 1.807) is 30.6 Å². The van der Waals surface area contributed by atoms with E-state index in [0.29, 0.717) is 31.2 Å². The number of carboxylic acids is 1. The van der Waals surface area contributed by atoms with Gasteiger partial charge in [0.05, 0.1) is 17.9 Å². The van der Waals surface area contributed by atoms with Gasteiger partial charge in [-0.05, 0) is 37.3 Å². The van der Waals surface area contributed by atoms with Crippen LogP contribution in [0.3, 0.4) is 0 Å². The third-order valence-corrected chi connectivity index (χ3v) is 6.85. The molecule has 4 aromatic rings. The van der Waals surface area contributed by atoms with Gasteiger partial charge in [0.15, 0.2) is 18.1 Å². The van der Waals surface area contributed by atoms with Gasteiger partial charge in [-0.2, -0.15) is 0 Å². The fourth-order valence-corrected chi connectivity index (χ4v) is 4.90. The van der Waals surface area contributed by atoms with Gasteiger partial charge in [0, 0.05) is 29.8 Å². The molecule has 9 heteroatoms. The van der Waals surface area contributed by atoms with E-state index in [1.807, 2.05) is 18.2 Å². The molecule has 1 N–H and O–H groups in total. The van der Waals surface area contributed by atoms with Gasteiger partial charge in [-0.15, -0.1) is 0 Å². The third kappa shape index (κ3) is 5.61. The molecular weight excluding hydrogens is 488 g/mol. The number of hydrogen-bond acceptors (Lipinski definition) is 7. The second kappa shape index (κ2) is 11.3. The lowest BCUT2D eigenvalue weighted by Crippen LogP contribution is -2.19. The first-order chi connectivity index (χ1) is 18.5. The van der Waals surface area contributed by atoms with Crippen LogP contribution in [-0.2, 0) is 40.2 Å². The van der Waals surface area contributed by atoms with Crippen LogP contribution in [0.5, 0.6) is 0 Å². The Bertz CT molecular complexity index is 1480. The van der Waals surface area contributed by atoms with E-state index in [0.717, 1.165) is 29.9 Å². The number of hydrogen-bond donors (Lipinski definition) is 1. The maximum absolute atomic E-state index is 12.3. The highest BCUT2D eigenvalue weighted by atomic mass is 16.6. The van der Waals surface area contributed by atoms with Crippen molar-refractivity contribution in [3.63, 3.8) is 0 Å². The van der Waals surface area contributed by atoms with Crippen LogP contribution in [0, 0.1) is 5.92 Å². The maximum atomic E-state index is 12.3. The summed E-state index contributed by atoms with van der Waals surface area (Å²) in [6.45, 7) is -0.221. The van der Waals surface area contributed by atoms with Gasteiger partial charge in [-0.3, -0.25) is 9.59 Å².